The normalized spacial score (nSPS) is 16.7. The largest absolute Gasteiger partial charge is 0.376 e. The SMILES string of the molecule is COCC(=O)NCc1nc2ccccc2n1CC(=O)NCC1CCCO1. The lowest BCUT2D eigenvalue weighted by atomic mass is 10.2. The van der Waals surface area contributed by atoms with Gasteiger partial charge >= 0.3 is 0 Å². The van der Waals surface area contributed by atoms with Crippen molar-refractivity contribution in [2.24, 2.45) is 0 Å². The molecule has 1 aliphatic heterocycles. The maximum absolute atomic E-state index is 12.4. The summed E-state index contributed by atoms with van der Waals surface area (Å²) in [6.45, 7) is 1.64. The van der Waals surface area contributed by atoms with Gasteiger partial charge in [0.15, 0.2) is 0 Å². The highest BCUT2D eigenvalue weighted by molar-refractivity contribution is 5.81. The summed E-state index contributed by atoms with van der Waals surface area (Å²) in [4.78, 5) is 28.6. The molecule has 1 aromatic heterocycles. The van der Waals surface area contributed by atoms with Gasteiger partial charge in [0, 0.05) is 20.3 Å². The summed E-state index contributed by atoms with van der Waals surface area (Å²) in [7, 11) is 1.47. The quantitative estimate of drug-likeness (QED) is 0.719. The van der Waals surface area contributed by atoms with Gasteiger partial charge in [0.25, 0.3) is 0 Å². The molecule has 0 spiro atoms. The van der Waals surface area contributed by atoms with E-state index < -0.39 is 0 Å². The number of hydrogen-bond donors (Lipinski definition) is 2. The number of carbonyl (C=O) groups is 2. The molecule has 8 nitrogen and oxygen atoms in total. The Hall–Kier alpha value is -2.45. The highest BCUT2D eigenvalue weighted by Crippen LogP contribution is 2.16. The highest BCUT2D eigenvalue weighted by atomic mass is 16.5. The van der Waals surface area contributed by atoms with Gasteiger partial charge in [-0.1, -0.05) is 12.1 Å². The summed E-state index contributed by atoms with van der Waals surface area (Å²) in [6.07, 6.45) is 2.12. The minimum Gasteiger partial charge on any atom is -0.376 e. The van der Waals surface area contributed by atoms with Crippen molar-refractivity contribution in [1.82, 2.24) is 20.2 Å². The summed E-state index contributed by atoms with van der Waals surface area (Å²) in [5.41, 5.74) is 1.64. The first-order chi connectivity index (χ1) is 12.7. The number of methoxy groups -OCH3 is 1. The van der Waals surface area contributed by atoms with Crippen molar-refractivity contribution in [2.75, 3.05) is 26.9 Å². The van der Waals surface area contributed by atoms with E-state index in [0.717, 1.165) is 30.5 Å². The summed E-state index contributed by atoms with van der Waals surface area (Å²) < 4.78 is 12.2. The molecule has 0 saturated carbocycles. The standard InChI is InChI=1S/C18H24N4O4/c1-25-12-18(24)20-10-16-21-14-6-2-3-7-15(14)22(16)11-17(23)19-9-13-5-4-8-26-13/h2-3,6-7,13H,4-5,8-12H2,1H3,(H,19,23)(H,20,24). The Balaban J connectivity index is 1.69. The van der Waals surface area contributed by atoms with Crippen LogP contribution in [0.4, 0.5) is 0 Å². The molecule has 1 unspecified atom stereocenters. The van der Waals surface area contributed by atoms with E-state index in [0.29, 0.717) is 12.4 Å². The molecular formula is C18H24N4O4. The van der Waals surface area contributed by atoms with Gasteiger partial charge in [-0.25, -0.2) is 4.98 Å². The minimum absolute atomic E-state index is 0.0118. The van der Waals surface area contributed by atoms with Crippen molar-refractivity contribution < 1.29 is 19.1 Å². The van der Waals surface area contributed by atoms with Crippen LogP contribution in [0.15, 0.2) is 24.3 Å². The molecule has 3 rings (SSSR count). The average Bonchev–Trinajstić information content (AvgIpc) is 3.27. The van der Waals surface area contributed by atoms with Gasteiger partial charge in [-0.2, -0.15) is 0 Å². The highest BCUT2D eigenvalue weighted by Gasteiger charge is 2.18. The van der Waals surface area contributed by atoms with E-state index in [4.69, 9.17) is 9.47 Å². The summed E-state index contributed by atoms with van der Waals surface area (Å²) in [5, 5.41) is 5.67. The molecule has 1 aliphatic rings. The number of carbonyl (C=O) groups excluding carboxylic acids is 2. The zero-order valence-electron chi connectivity index (χ0n) is 14.9. The van der Waals surface area contributed by atoms with Gasteiger partial charge in [-0.05, 0) is 25.0 Å². The van der Waals surface area contributed by atoms with Crippen molar-refractivity contribution in [1.29, 1.82) is 0 Å². The average molecular weight is 360 g/mol. The molecular weight excluding hydrogens is 336 g/mol. The molecule has 1 fully saturated rings. The fraction of sp³-hybridized carbons (Fsp3) is 0.500. The van der Waals surface area contributed by atoms with E-state index in [2.05, 4.69) is 15.6 Å². The maximum atomic E-state index is 12.4. The Labute approximate surface area is 151 Å². The Morgan fingerprint density at radius 2 is 2.15 bits per heavy atom. The number of fused-ring (bicyclic) bond motifs is 1. The first-order valence-electron chi connectivity index (χ1n) is 8.75. The van der Waals surface area contributed by atoms with E-state index in [-0.39, 0.29) is 37.6 Å². The number of imidazole rings is 1. The second-order valence-corrected chi connectivity index (χ2v) is 6.25. The summed E-state index contributed by atoms with van der Waals surface area (Å²) in [5.74, 6) is 0.296. The molecule has 0 aliphatic carbocycles. The van der Waals surface area contributed by atoms with E-state index in [1.807, 2.05) is 28.8 Å². The third-order valence-electron chi connectivity index (χ3n) is 4.31. The summed E-state index contributed by atoms with van der Waals surface area (Å²) >= 11 is 0. The molecule has 1 aromatic carbocycles. The van der Waals surface area contributed by atoms with Gasteiger partial charge < -0.3 is 24.7 Å². The van der Waals surface area contributed by atoms with Crippen molar-refractivity contribution in [3.8, 4) is 0 Å². The number of nitrogens with zero attached hydrogens (tertiary/aromatic N) is 2. The molecule has 2 amide bonds. The van der Waals surface area contributed by atoms with Crippen LogP contribution in [0.2, 0.25) is 0 Å². The minimum atomic E-state index is -0.228. The van der Waals surface area contributed by atoms with Gasteiger partial charge in [-0.3, -0.25) is 9.59 Å². The van der Waals surface area contributed by atoms with Crippen molar-refractivity contribution >= 4 is 22.8 Å². The molecule has 1 saturated heterocycles. The lowest BCUT2D eigenvalue weighted by Crippen LogP contribution is -2.35. The maximum Gasteiger partial charge on any atom is 0.246 e. The van der Waals surface area contributed by atoms with Crippen LogP contribution >= 0.6 is 0 Å². The van der Waals surface area contributed by atoms with Crippen molar-refractivity contribution in [3.63, 3.8) is 0 Å². The van der Waals surface area contributed by atoms with E-state index in [9.17, 15) is 9.59 Å². The van der Waals surface area contributed by atoms with Gasteiger partial charge in [-0.15, -0.1) is 0 Å². The predicted molar refractivity (Wildman–Crippen MR) is 95.4 cm³/mol. The molecule has 2 N–H and O–H groups in total. The van der Waals surface area contributed by atoms with Crippen LogP contribution in [0.25, 0.3) is 11.0 Å². The Morgan fingerprint density at radius 3 is 2.92 bits per heavy atom. The number of para-hydroxylation sites is 2. The molecule has 8 heteroatoms. The monoisotopic (exact) mass is 360 g/mol. The molecule has 1 atom stereocenters. The third kappa shape index (κ3) is 4.59. The van der Waals surface area contributed by atoms with Crippen molar-refractivity contribution in [2.45, 2.75) is 32.0 Å². The van der Waals surface area contributed by atoms with Gasteiger partial charge in [0.05, 0.1) is 23.7 Å². The third-order valence-corrected chi connectivity index (χ3v) is 4.31. The van der Waals surface area contributed by atoms with E-state index in [1.54, 1.807) is 0 Å². The second-order valence-electron chi connectivity index (χ2n) is 6.25. The first-order valence-corrected chi connectivity index (χ1v) is 8.75. The number of hydrogen-bond acceptors (Lipinski definition) is 5. The van der Waals surface area contributed by atoms with Crippen LogP contribution in [-0.4, -0.2) is 54.3 Å². The molecule has 2 heterocycles. The molecule has 0 bridgehead atoms. The lowest BCUT2D eigenvalue weighted by molar-refractivity contribution is -0.125. The number of amides is 2. The number of aromatic nitrogens is 2. The van der Waals surface area contributed by atoms with Crippen LogP contribution in [-0.2, 0) is 32.2 Å². The molecule has 140 valence electrons. The lowest BCUT2D eigenvalue weighted by Gasteiger charge is -2.13. The van der Waals surface area contributed by atoms with E-state index in [1.165, 1.54) is 7.11 Å². The van der Waals surface area contributed by atoms with Crippen LogP contribution in [0.5, 0.6) is 0 Å². The molecule has 2 aromatic rings. The van der Waals surface area contributed by atoms with Gasteiger partial charge in [0.1, 0.15) is 19.0 Å². The smallest absolute Gasteiger partial charge is 0.246 e. The van der Waals surface area contributed by atoms with Gasteiger partial charge in [0.2, 0.25) is 11.8 Å². The second kappa shape index (κ2) is 8.77. The number of ether oxygens (including phenoxy) is 2. The van der Waals surface area contributed by atoms with Crippen LogP contribution in [0.3, 0.4) is 0 Å². The predicted octanol–water partition coefficient (Wildman–Crippen LogP) is 0.594. The first kappa shape index (κ1) is 18.3. The zero-order valence-corrected chi connectivity index (χ0v) is 14.9. The summed E-state index contributed by atoms with van der Waals surface area (Å²) in [6, 6.07) is 7.59. The fourth-order valence-corrected chi connectivity index (χ4v) is 3.03. The topological polar surface area (TPSA) is 94.5 Å². The number of nitrogens with one attached hydrogen (secondary N) is 2. The van der Waals surface area contributed by atoms with Crippen molar-refractivity contribution in [3.05, 3.63) is 30.1 Å². The Kier molecular flexibility index (Phi) is 6.19. The Bertz CT molecular complexity index is 768. The molecule has 26 heavy (non-hydrogen) atoms. The number of rotatable bonds is 8. The number of benzene rings is 1. The fourth-order valence-electron chi connectivity index (χ4n) is 3.03. The van der Waals surface area contributed by atoms with Crippen LogP contribution in [0.1, 0.15) is 18.7 Å². The zero-order chi connectivity index (χ0) is 18.4. The Morgan fingerprint density at radius 1 is 1.31 bits per heavy atom. The van der Waals surface area contributed by atoms with E-state index >= 15 is 0 Å². The van der Waals surface area contributed by atoms with Crippen LogP contribution in [0, 0.1) is 0 Å². The van der Waals surface area contributed by atoms with Crippen LogP contribution < -0.4 is 10.6 Å². The molecule has 0 radical (unpaired) electrons.